The molecule has 0 bridgehead atoms. The second-order valence-electron chi connectivity index (χ2n) is 4.46. The number of piperazine rings is 1. The number of halogens is 1. The first-order chi connectivity index (χ1) is 8.05. The van der Waals surface area contributed by atoms with Crippen molar-refractivity contribution < 1.29 is 8.42 Å². The van der Waals surface area contributed by atoms with E-state index in [-0.39, 0.29) is 18.4 Å². The van der Waals surface area contributed by atoms with Crippen LogP contribution in [0, 0.1) is 0 Å². The lowest BCUT2D eigenvalue weighted by Crippen LogP contribution is -2.53. The van der Waals surface area contributed by atoms with Crippen LogP contribution in [0.5, 0.6) is 0 Å². The van der Waals surface area contributed by atoms with Crippen molar-refractivity contribution in [3.8, 4) is 0 Å². The van der Waals surface area contributed by atoms with Crippen molar-refractivity contribution in [2.24, 2.45) is 0 Å². The molecule has 0 unspecified atom stereocenters. The van der Waals surface area contributed by atoms with E-state index in [1.54, 1.807) is 4.31 Å². The number of nitrogens with zero attached hydrogens (tertiary/aromatic N) is 1. The Morgan fingerprint density at radius 1 is 1.33 bits per heavy atom. The molecule has 1 aliphatic rings. The summed E-state index contributed by atoms with van der Waals surface area (Å²) < 4.78 is 24.5. The Morgan fingerprint density at radius 2 is 2.00 bits per heavy atom. The van der Waals surface area contributed by atoms with Gasteiger partial charge in [0, 0.05) is 25.7 Å². The summed E-state index contributed by atoms with van der Waals surface area (Å²) in [5.41, 5.74) is 1.24. The van der Waals surface area contributed by atoms with E-state index in [0.29, 0.717) is 13.1 Å². The van der Waals surface area contributed by atoms with Crippen LogP contribution in [0.15, 0.2) is 30.3 Å². The van der Waals surface area contributed by atoms with Crippen LogP contribution in [0.25, 0.3) is 0 Å². The summed E-state index contributed by atoms with van der Waals surface area (Å²) in [7, 11) is -3.06. The Kier molecular flexibility index (Phi) is 5.59. The van der Waals surface area contributed by atoms with Gasteiger partial charge in [0.2, 0.25) is 10.0 Å². The van der Waals surface area contributed by atoms with Gasteiger partial charge < -0.3 is 5.32 Å². The zero-order chi connectivity index (χ0) is 12.3. The van der Waals surface area contributed by atoms with Crippen LogP contribution in [-0.2, 0) is 16.4 Å². The third-order valence-electron chi connectivity index (χ3n) is 3.01. The molecule has 18 heavy (non-hydrogen) atoms. The first-order valence-corrected chi connectivity index (χ1v) is 7.63. The third-order valence-corrected chi connectivity index (χ3v) is 4.28. The molecule has 0 spiro atoms. The normalized spacial score (nSPS) is 21.3. The fourth-order valence-electron chi connectivity index (χ4n) is 2.13. The van der Waals surface area contributed by atoms with E-state index >= 15 is 0 Å². The van der Waals surface area contributed by atoms with Crippen LogP contribution in [0.4, 0.5) is 0 Å². The first kappa shape index (κ1) is 15.4. The summed E-state index contributed by atoms with van der Waals surface area (Å²) in [6, 6.07) is 10.3. The van der Waals surface area contributed by atoms with Gasteiger partial charge in [-0.15, -0.1) is 12.4 Å². The zero-order valence-corrected chi connectivity index (χ0v) is 12.0. The van der Waals surface area contributed by atoms with Crippen molar-refractivity contribution in [3.63, 3.8) is 0 Å². The lowest BCUT2D eigenvalue weighted by atomic mass is 10.1. The maximum absolute atomic E-state index is 11.5. The van der Waals surface area contributed by atoms with Gasteiger partial charge in [-0.3, -0.25) is 0 Å². The standard InChI is InChI=1S/C12H18N2O2S.ClH/c1-17(15,16)14-8-7-13-12(10-14)9-11-5-3-2-4-6-11;/h2-6,12-13H,7-10H2,1H3;1H/t12-;/m0./s1. The van der Waals surface area contributed by atoms with Gasteiger partial charge in [-0.1, -0.05) is 30.3 Å². The molecule has 1 N–H and O–H groups in total. The van der Waals surface area contributed by atoms with E-state index in [1.807, 2.05) is 18.2 Å². The minimum absolute atomic E-state index is 0. The summed E-state index contributed by atoms with van der Waals surface area (Å²) in [6.07, 6.45) is 2.14. The molecular formula is C12H19ClN2O2S. The predicted octanol–water partition coefficient (Wildman–Crippen LogP) is 0.884. The Hall–Kier alpha value is -0.620. The molecule has 0 aromatic heterocycles. The van der Waals surface area contributed by atoms with E-state index in [1.165, 1.54) is 11.8 Å². The molecule has 0 aliphatic carbocycles. The number of nitrogens with one attached hydrogen (secondary N) is 1. The Morgan fingerprint density at radius 3 is 2.61 bits per heavy atom. The van der Waals surface area contributed by atoms with Crippen molar-refractivity contribution in [2.45, 2.75) is 12.5 Å². The summed E-state index contributed by atoms with van der Waals surface area (Å²) >= 11 is 0. The van der Waals surface area contributed by atoms with E-state index in [4.69, 9.17) is 0 Å². The summed E-state index contributed by atoms with van der Waals surface area (Å²) in [5.74, 6) is 0. The van der Waals surface area contributed by atoms with E-state index in [2.05, 4.69) is 17.4 Å². The molecule has 1 aromatic carbocycles. The highest BCUT2D eigenvalue weighted by Gasteiger charge is 2.25. The smallest absolute Gasteiger partial charge is 0.211 e. The molecule has 1 fully saturated rings. The number of rotatable bonds is 3. The number of hydrogen-bond acceptors (Lipinski definition) is 3. The maximum Gasteiger partial charge on any atom is 0.211 e. The average molecular weight is 291 g/mol. The molecule has 1 saturated heterocycles. The van der Waals surface area contributed by atoms with Gasteiger partial charge >= 0.3 is 0 Å². The molecule has 1 aliphatic heterocycles. The fourth-order valence-corrected chi connectivity index (χ4v) is 3.01. The summed E-state index contributed by atoms with van der Waals surface area (Å²) in [4.78, 5) is 0. The van der Waals surface area contributed by atoms with Crippen molar-refractivity contribution >= 4 is 22.4 Å². The Balaban J connectivity index is 0.00000162. The van der Waals surface area contributed by atoms with Crippen LogP contribution in [-0.4, -0.2) is 44.7 Å². The number of sulfonamides is 1. The molecule has 1 atom stereocenters. The molecule has 102 valence electrons. The van der Waals surface area contributed by atoms with Crippen LogP contribution in [0.1, 0.15) is 5.56 Å². The van der Waals surface area contributed by atoms with Crippen molar-refractivity contribution in [1.82, 2.24) is 9.62 Å². The first-order valence-electron chi connectivity index (χ1n) is 5.78. The van der Waals surface area contributed by atoms with Gasteiger partial charge in [-0.2, -0.15) is 4.31 Å². The van der Waals surface area contributed by atoms with Crippen molar-refractivity contribution in [3.05, 3.63) is 35.9 Å². The quantitative estimate of drug-likeness (QED) is 0.899. The molecule has 0 amide bonds. The fraction of sp³-hybridized carbons (Fsp3) is 0.500. The van der Waals surface area contributed by atoms with Gasteiger partial charge in [-0.25, -0.2) is 8.42 Å². The molecule has 1 heterocycles. The minimum Gasteiger partial charge on any atom is -0.311 e. The highest BCUT2D eigenvalue weighted by Crippen LogP contribution is 2.09. The largest absolute Gasteiger partial charge is 0.311 e. The van der Waals surface area contributed by atoms with E-state index in [0.717, 1.165) is 13.0 Å². The molecule has 1 aromatic rings. The van der Waals surface area contributed by atoms with Gasteiger partial charge in [0.1, 0.15) is 0 Å². The molecule has 4 nitrogen and oxygen atoms in total. The summed E-state index contributed by atoms with van der Waals surface area (Å²) in [5, 5.41) is 3.36. The van der Waals surface area contributed by atoms with Crippen LogP contribution in [0.3, 0.4) is 0 Å². The maximum atomic E-state index is 11.5. The lowest BCUT2D eigenvalue weighted by molar-refractivity contribution is 0.298. The van der Waals surface area contributed by atoms with Crippen molar-refractivity contribution in [2.75, 3.05) is 25.9 Å². The lowest BCUT2D eigenvalue weighted by Gasteiger charge is -2.32. The highest BCUT2D eigenvalue weighted by molar-refractivity contribution is 7.88. The Labute approximate surface area is 115 Å². The minimum atomic E-state index is -3.06. The summed E-state index contributed by atoms with van der Waals surface area (Å²) in [6.45, 7) is 1.86. The van der Waals surface area contributed by atoms with Crippen LogP contribution < -0.4 is 5.32 Å². The average Bonchev–Trinajstić information content (AvgIpc) is 2.29. The van der Waals surface area contributed by atoms with Gasteiger partial charge in [0.05, 0.1) is 6.26 Å². The SMILES string of the molecule is CS(=O)(=O)N1CCN[C@@H](Cc2ccccc2)C1.Cl. The molecule has 2 rings (SSSR count). The van der Waals surface area contributed by atoms with Crippen LogP contribution in [0.2, 0.25) is 0 Å². The van der Waals surface area contributed by atoms with Crippen LogP contribution >= 0.6 is 12.4 Å². The number of benzene rings is 1. The van der Waals surface area contributed by atoms with Gasteiger partial charge in [0.15, 0.2) is 0 Å². The van der Waals surface area contributed by atoms with Crippen molar-refractivity contribution in [1.29, 1.82) is 0 Å². The topological polar surface area (TPSA) is 49.4 Å². The zero-order valence-electron chi connectivity index (χ0n) is 10.4. The Bertz CT molecular complexity index is 464. The number of hydrogen-bond donors (Lipinski definition) is 1. The third kappa shape index (κ3) is 4.24. The monoisotopic (exact) mass is 290 g/mol. The predicted molar refractivity (Wildman–Crippen MR) is 75.6 cm³/mol. The highest BCUT2D eigenvalue weighted by atomic mass is 35.5. The second-order valence-corrected chi connectivity index (χ2v) is 6.44. The van der Waals surface area contributed by atoms with Gasteiger partial charge in [0.25, 0.3) is 0 Å². The molecule has 0 saturated carbocycles. The van der Waals surface area contributed by atoms with Gasteiger partial charge in [-0.05, 0) is 12.0 Å². The molecule has 6 heteroatoms. The van der Waals surface area contributed by atoms with E-state index in [9.17, 15) is 8.42 Å². The van der Waals surface area contributed by atoms with E-state index < -0.39 is 10.0 Å². The molecule has 0 radical (unpaired) electrons. The second kappa shape index (κ2) is 6.52. The molecular weight excluding hydrogens is 272 g/mol.